The monoisotopic (exact) mass is 359 g/mol. The maximum atomic E-state index is 13.5. The molecule has 0 bridgehead atoms. The van der Waals surface area contributed by atoms with Gasteiger partial charge in [0.05, 0.1) is 6.54 Å². The Bertz CT molecular complexity index is 865. The van der Waals surface area contributed by atoms with Crippen LogP contribution in [-0.2, 0) is 17.8 Å². The summed E-state index contributed by atoms with van der Waals surface area (Å²) in [4.78, 5) is 16.1. The van der Waals surface area contributed by atoms with Gasteiger partial charge in [-0.15, -0.1) is 0 Å². The second-order valence-corrected chi connectivity index (χ2v) is 5.82. The number of hydrogen-bond donors (Lipinski definition) is 1. The second kappa shape index (κ2) is 7.90. The third-order valence-electron chi connectivity index (χ3n) is 3.59. The Morgan fingerprint density at radius 3 is 2.68 bits per heavy atom. The maximum absolute atomic E-state index is 13.5. The third kappa shape index (κ3) is 4.64. The number of aromatic nitrogens is 2. The van der Waals surface area contributed by atoms with Crippen LogP contribution in [0.2, 0.25) is 5.02 Å². The molecule has 25 heavy (non-hydrogen) atoms. The number of rotatable bonds is 6. The second-order valence-electron chi connectivity index (χ2n) is 5.39. The summed E-state index contributed by atoms with van der Waals surface area (Å²) in [6.45, 7) is 0.122. The number of aryl methyl sites for hydroxylation is 1. The molecule has 0 fully saturated rings. The van der Waals surface area contributed by atoms with Crippen molar-refractivity contribution >= 4 is 17.5 Å². The molecule has 0 aliphatic carbocycles. The Kier molecular flexibility index (Phi) is 5.40. The van der Waals surface area contributed by atoms with Crippen LogP contribution in [0.15, 0.2) is 53.1 Å². The van der Waals surface area contributed by atoms with Crippen molar-refractivity contribution < 1.29 is 13.7 Å². The van der Waals surface area contributed by atoms with E-state index in [2.05, 4.69) is 15.5 Å². The Hall–Kier alpha value is -2.73. The Morgan fingerprint density at radius 2 is 1.92 bits per heavy atom. The maximum Gasteiger partial charge on any atom is 0.246 e. The highest BCUT2D eigenvalue weighted by Gasteiger charge is 2.10. The van der Waals surface area contributed by atoms with Crippen LogP contribution in [0.5, 0.6) is 0 Å². The number of amides is 1. The lowest BCUT2D eigenvalue weighted by molar-refractivity contribution is -0.121. The van der Waals surface area contributed by atoms with Crippen LogP contribution in [0.3, 0.4) is 0 Å². The van der Waals surface area contributed by atoms with Crippen molar-refractivity contribution in [3.8, 4) is 11.4 Å². The predicted molar refractivity (Wildman–Crippen MR) is 91.3 cm³/mol. The Labute approximate surface area is 148 Å². The summed E-state index contributed by atoms with van der Waals surface area (Å²) in [5, 5.41) is 7.17. The average Bonchev–Trinajstić information content (AvgIpc) is 3.09. The summed E-state index contributed by atoms with van der Waals surface area (Å²) in [5.74, 6) is 0.200. The largest absolute Gasteiger partial charge is 0.347 e. The molecular formula is C18H15ClFN3O2. The molecule has 2 aromatic carbocycles. The summed E-state index contributed by atoms with van der Waals surface area (Å²) < 4.78 is 18.6. The molecule has 0 aliphatic rings. The van der Waals surface area contributed by atoms with E-state index in [4.69, 9.17) is 16.1 Å². The molecule has 0 saturated heterocycles. The molecule has 7 heteroatoms. The van der Waals surface area contributed by atoms with Crippen LogP contribution >= 0.6 is 11.6 Å². The van der Waals surface area contributed by atoms with Crippen LogP contribution in [0.4, 0.5) is 4.39 Å². The molecule has 1 aromatic heterocycles. The van der Waals surface area contributed by atoms with Crippen molar-refractivity contribution in [2.75, 3.05) is 0 Å². The molecule has 0 spiro atoms. The van der Waals surface area contributed by atoms with E-state index in [1.54, 1.807) is 42.5 Å². The summed E-state index contributed by atoms with van der Waals surface area (Å²) in [6.07, 6.45) is 0.511. The highest BCUT2D eigenvalue weighted by Crippen LogP contribution is 2.18. The topological polar surface area (TPSA) is 68.0 Å². The molecule has 1 N–H and O–H groups in total. The van der Waals surface area contributed by atoms with Crippen LogP contribution in [0, 0.1) is 5.82 Å². The minimum absolute atomic E-state index is 0.122. The van der Waals surface area contributed by atoms with Gasteiger partial charge < -0.3 is 9.84 Å². The normalized spacial score (nSPS) is 10.6. The van der Waals surface area contributed by atoms with Gasteiger partial charge in [-0.1, -0.05) is 35.0 Å². The number of carbonyl (C=O) groups excluding carboxylic acids is 1. The molecule has 0 atom stereocenters. The fraction of sp³-hybridized carbons (Fsp3) is 0.167. The Morgan fingerprint density at radius 1 is 1.16 bits per heavy atom. The quantitative estimate of drug-likeness (QED) is 0.727. The smallest absolute Gasteiger partial charge is 0.246 e. The number of carbonyl (C=O) groups is 1. The van der Waals surface area contributed by atoms with Gasteiger partial charge >= 0.3 is 0 Å². The Balaban J connectivity index is 1.51. The van der Waals surface area contributed by atoms with E-state index in [9.17, 15) is 9.18 Å². The zero-order valence-corrected chi connectivity index (χ0v) is 14.0. The highest BCUT2D eigenvalue weighted by molar-refractivity contribution is 6.30. The summed E-state index contributed by atoms with van der Waals surface area (Å²) in [6, 6.07) is 13.4. The molecule has 0 aliphatic heterocycles. The van der Waals surface area contributed by atoms with Gasteiger partial charge in [0.1, 0.15) is 5.82 Å². The lowest BCUT2D eigenvalue weighted by atomic mass is 10.1. The molecule has 0 saturated carbocycles. The first-order valence-corrected chi connectivity index (χ1v) is 8.08. The molecule has 3 aromatic rings. The third-order valence-corrected chi connectivity index (χ3v) is 3.84. The standard InChI is InChI=1S/C18H15ClFN3O2/c19-14-8-5-13(6-9-14)18-22-17(25-23-18)11-21-16(24)10-7-12-3-1-2-4-15(12)20/h1-6,8-9H,7,10-11H2,(H,21,24). The first-order valence-electron chi connectivity index (χ1n) is 7.70. The lowest BCUT2D eigenvalue weighted by Crippen LogP contribution is -2.23. The van der Waals surface area contributed by atoms with Crippen molar-refractivity contribution in [3.63, 3.8) is 0 Å². The summed E-state index contributed by atoms with van der Waals surface area (Å²) in [5.41, 5.74) is 1.28. The minimum Gasteiger partial charge on any atom is -0.347 e. The van der Waals surface area contributed by atoms with Gasteiger partial charge in [-0.3, -0.25) is 4.79 Å². The number of nitrogens with one attached hydrogen (secondary N) is 1. The predicted octanol–water partition coefficient (Wildman–Crippen LogP) is 3.78. The van der Waals surface area contributed by atoms with Gasteiger partial charge in [0.15, 0.2) is 0 Å². The van der Waals surface area contributed by atoms with Crippen molar-refractivity contribution in [1.82, 2.24) is 15.5 Å². The van der Waals surface area contributed by atoms with Gasteiger partial charge in [0.2, 0.25) is 17.6 Å². The SMILES string of the molecule is O=C(CCc1ccccc1F)NCc1nc(-c2ccc(Cl)cc2)no1. The molecule has 1 heterocycles. The van der Waals surface area contributed by atoms with E-state index in [0.29, 0.717) is 28.7 Å². The van der Waals surface area contributed by atoms with Gasteiger partial charge in [0.25, 0.3) is 0 Å². The number of benzene rings is 2. The van der Waals surface area contributed by atoms with Crippen molar-refractivity contribution in [1.29, 1.82) is 0 Å². The van der Waals surface area contributed by atoms with Gasteiger partial charge in [-0.25, -0.2) is 4.39 Å². The summed E-state index contributed by atoms with van der Waals surface area (Å²) >= 11 is 5.84. The molecule has 3 rings (SSSR count). The number of nitrogens with zero attached hydrogens (tertiary/aromatic N) is 2. The highest BCUT2D eigenvalue weighted by atomic mass is 35.5. The first-order chi connectivity index (χ1) is 12.1. The van der Waals surface area contributed by atoms with Gasteiger partial charge in [-0.05, 0) is 42.3 Å². The van der Waals surface area contributed by atoms with E-state index in [1.807, 2.05) is 0 Å². The van der Waals surface area contributed by atoms with E-state index in [-0.39, 0.29) is 24.7 Å². The fourth-order valence-corrected chi connectivity index (χ4v) is 2.38. The molecule has 5 nitrogen and oxygen atoms in total. The first kappa shape index (κ1) is 17.1. The molecular weight excluding hydrogens is 345 g/mol. The lowest BCUT2D eigenvalue weighted by Gasteiger charge is -2.03. The van der Waals surface area contributed by atoms with E-state index < -0.39 is 0 Å². The van der Waals surface area contributed by atoms with Gasteiger partial charge in [-0.2, -0.15) is 4.98 Å². The van der Waals surface area contributed by atoms with Crippen molar-refractivity contribution in [2.45, 2.75) is 19.4 Å². The van der Waals surface area contributed by atoms with Crippen molar-refractivity contribution in [2.24, 2.45) is 0 Å². The zero-order valence-electron chi connectivity index (χ0n) is 13.2. The van der Waals surface area contributed by atoms with E-state index in [0.717, 1.165) is 5.56 Å². The summed E-state index contributed by atoms with van der Waals surface area (Å²) in [7, 11) is 0. The number of hydrogen-bond acceptors (Lipinski definition) is 4. The molecule has 1 amide bonds. The fourth-order valence-electron chi connectivity index (χ4n) is 2.25. The van der Waals surface area contributed by atoms with E-state index >= 15 is 0 Å². The minimum atomic E-state index is -0.306. The van der Waals surface area contributed by atoms with Crippen LogP contribution in [-0.4, -0.2) is 16.0 Å². The molecule has 128 valence electrons. The molecule has 0 unspecified atom stereocenters. The van der Waals surface area contributed by atoms with Crippen LogP contribution < -0.4 is 5.32 Å². The van der Waals surface area contributed by atoms with Crippen LogP contribution in [0.25, 0.3) is 11.4 Å². The average molecular weight is 360 g/mol. The van der Waals surface area contributed by atoms with Crippen molar-refractivity contribution in [3.05, 3.63) is 70.8 Å². The zero-order chi connectivity index (χ0) is 17.6. The van der Waals surface area contributed by atoms with Crippen LogP contribution in [0.1, 0.15) is 17.9 Å². The van der Waals surface area contributed by atoms with E-state index in [1.165, 1.54) is 6.07 Å². The van der Waals surface area contributed by atoms with Gasteiger partial charge in [0, 0.05) is 17.0 Å². The number of halogens is 2. The molecule has 0 radical (unpaired) electrons.